The van der Waals surface area contributed by atoms with Gasteiger partial charge >= 0.3 is 0 Å². The van der Waals surface area contributed by atoms with E-state index in [-0.39, 0.29) is 18.6 Å². The quantitative estimate of drug-likeness (QED) is 0.895. The molecule has 4 nitrogen and oxygen atoms in total. The van der Waals surface area contributed by atoms with E-state index in [4.69, 9.17) is 0 Å². The molecule has 4 heteroatoms. The SMILES string of the molecule is Cc1ccc(NC(=O)CN2CCC[C@H](C)[C@@H]2CO)cc1C. The van der Waals surface area contributed by atoms with E-state index in [1.807, 2.05) is 25.1 Å². The van der Waals surface area contributed by atoms with Crippen LogP contribution in [0.4, 0.5) is 5.69 Å². The van der Waals surface area contributed by atoms with Gasteiger partial charge in [0, 0.05) is 11.7 Å². The number of likely N-dealkylation sites (tertiary alicyclic amines) is 1. The third-order valence-electron chi connectivity index (χ3n) is 4.56. The van der Waals surface area contributed by atoms with Crippen molar-refractivity contribution in [3.8, 4) is 0 Å². The first-order valence-electron chi connectivity index (χ1n) is 7.73. The van der Waals surface area contributed by atoms with Gasteiger partial charge in [-0.25, -0.2) is 0 Å². The average Bonchev–Trinajstić information content (AvgIpc) is 2.43. The van der Waals surface area contributed by atoms with Gasteiger partial charge in [0.1, 0.15) is 0 Å². The van der Waals surface area contributed by atoms with Crippen LogP contribution in [0.2, 0.25) is 0 Å². The number of nitrogens with one attached hydrogen (secondary N) is 1. The van der Waals surface area contributed by atoms with Crippen molar-refractivity contribution in [2.24, 2.45) is 5.92 Å². The molecule has 2 N–H and O–H groups in total. The number of aliphatic hydroxyl groups excluding tert-OH is 1. The van der Waals surface area contributed by atoms with Gasteiger partial charge < -0.3 is 10.4 Å². The number of carbonyl (C=O) groups is 1. The van der Waals surface area contributed by atoms with Crippen molar-refractivity contribution in [2.45, 2.75) is 39.7 Å². The number of amides is 1. The second kappa shape index (κ2) is 7.05. The molecule has 0 saturated carbocycles. The van der Waals surface area contributed by atoms with Crippen molar-refractivity contribution >= 4 is 11.6 Å². The van der Waals surface area contributed by atoms with Crippen LogP contribution >= 0.6 is 0 Å². The lowest BCUT2D eigenvalue weighted by atomic mass is 9.91. The highest BCUT2D eigenvalue weighted by Gasteiger charge is 2.29. The third-order valence-corrected chi connectivity index (χ3v) is 4.56. The lowest BCUT2D eigenvalue weighted by molar-refractivity contribution is -0.118. The summed E-state index contributed by atoms with van der Waals surface area (Å²) in [6, 6.07) is 6.05. The van der Waals surface area contributed by atoms with Gasteiger partial charge in [-0.3, -0.25) is 9.69 Å². The predicted molar refractivity (Wildman–Crippen MR) is 85.4 cm³/mol. The normalized spacial score (nSPS) is 23.0. The van der Waals surface area contributed by atoms with E-state index in [1.54, 1.807) is 0 Å². The van der Waals surface area contributed by atoms with E-state index in [9.17, 15) is 9.90 Å². The van der Waals surface area contributed by atoms with Gasteiger partial charge in [0.25, 0.3) is 0 Å². The number of rotatable bonds is 4. The maximum absolute atomic E-state index is 12.2. The molecule has 0 bridgehead atoms. The van der Waals surface area contributed by atoms with Crippen molar-refractivity contribution in [1.82, 2.24) is 4.90 Å². The van der Waals surface area contributed by atoms with Crippen LogP contribution < -0.4 is 5.32 Å². The average molecular weight is 290 g/mol. The highest BCUT2D eigenvalue weighted by Crippen LogP contribution is 2.23. The van der Waals surface area contributed by atoms with Gasteiger partial charge in [-0.05, 0) is 62.4 Å². The summed E-state index contributed by atoms with van der Waals surface area (Å²) in [7, 11) is 0. The van der Waals surface area contributed by atoms with Crippen LogP contribution in [-0.2, 0) is 4.79 Å². The van der Waals surface area contributed by atoms with Gasteiger partial charge in [-0.2, -0.15) is 0 Å². The molecule has 1 aliphatic heterocycles. The summed E-state index contributed by atoms with van der Waals surface area (Å²) in [4.78, 5) is 14.3. The largest absolute Gasteiger partial charge is 0.395 e. The molecule has 21 heavy (non-hydrogen) atoms. The summed E-state index contributed by atoms with van der Waals surface area (Å²) in [6.07, 6.45) is 2.22. The second-order valence-corrected chi connectivity index (χ2v) is 6.19. The number of nitrogens with zero attached hydrogens (tertiary/aromatic N) is 1. The number of piperidine rings is 1. The fourth-order valence-electron chi connectivity index (χ4n) is 3.03. The molecule has 0 aromatic heterocycles. The molecule has 1 aromatic carbocycles. The minimum atomic E-state index is -0.00852. The van der Waals surface area contributed by atoms with Gasteiger partial charge in [0.15, 0.2) is 0 Å². The van der Waals surface area contributed by atoms with Crippen LogP contribution in [0.25, 0.3) is 0 Å². The Labute approximate surface area is 127 Å². The Hall–Kier alpha value is -1.39. The molecule has 0 aliphatic carbocycles. The molecule has 1 aliphatic rings. The smallest absolute Gasteiger partial charge is 0.238 e. The van der Waals surface area contributed by atoms with Crippen LogP contribution in [0.5, 0.6) is 0 Å². The Bertz CT molecular complexity index is 502. The highest BCUT2D eigenvalue weighted by molar-refractivity contribution is 5.92. The summed E-state index contributed by atoms with van der Waals surface area (Å²) in [5.41, 5.74) is 3.24. The molecule has 0 unspecified atom stereocenters. The van der Waals surface area contributed by atoms with E-state index >= 15 is 0 Å². The maximum atomic E-state index is 12.2. The van der Waals surface area contributed by atoms with Crippen molar-refractivity contribution in [3.63, 3.8) is 0 Å². The monoisotopic (exact) mass is 290 g/mol. The Morgan fingerprint density at radius 3 is 2.81 bits per heavy atom. The molecule has 1 fully saturated rings. The zero-order valence-corrected chi connectivity index (χ0v) is 13.2. The predicted octanol–water partition coefficient (Wildman–Crippen LogP) is 2.33. The highest BCUT2D eigenvalue weighted by atomic mass is 16.3. The number of hydrogen-bond donors (Lipinski definition) is 2. The number of hydrogen-bond acceptors (Lipinski definition) is 3. The van der Waals surface area contributed by atoms with E-state index in [0.29, 0.717) is 12.5 Å². The zero-order chi connectivity index (χ0) is 15.4. The number of aryl methyl sites for hydroxylation is 2. The Kier molecular flexibility index (Phi) is 5.37. The van der Waals surface area contributed by atoms with Gasteiger partial charge in [-0.1, -0.05) is 13.0 Å². The fourth-order valence-corrected chi connectivity index (χ4v) is 3.03. The van der Waals surface area contributed by atoms with Crippen LogP contribution in [0.3, 0.4) is 0 Å². The number of aliphatic hydroxyl groups is 1. The third kappa shape index (κ3) is 4.05. The molecule has 1 amide bonds. The van der Waals surface area contributed by atoms with Crippen LogP contribution in [0.15, 0.2) is 18.2 Å². The summed E-state index contributed by atoms with van der Waals surface area (Å²) in [5.74, 6) is 0.434. The summed E-state index contributed by atoms with van der Waals surface area (Å²) in [5, 5.41) is 12.5. The minimum absolute atomic E-state index is 0.00852. The summed E-state index contributed by atoms with van der Waals surface area (Å²) < 4.78 is 0. The van der Waals surface area contributed by atoms with E-state index in [2.05, 4.69) is 24.1 Å². The minimum Gasteiger partial charge on any atom is -0.395 e. The zero-order valence-electron chi connectivity index (χ0n) is 13.2. The van der Waals surface area contributed by atoms with Crippen molar-refractivity contribution in [1.29, 1.82) is 0 Å². The Morgan fingerprint density at radius 1 is 1.38 bits per heavy atom. The van der Waals surface area contributed by atoms with E-state index < -0.39 is 0 Å². The molecule has 1 heterocycles. The number of benzene rings is 1. The first-order chi connectivity index (χ1) is 10.0. The molecule has 0 spiro atoms. The van der Waals surface area contributed by atoms with Gasteiger partial charge in [-0.15, -0.1) is 0 Å². The molecule has 2 atom stereocenters. The van der Waals surface area contributed by atoms with Gasteiger partial charge in [0.2, 0.25) is 5.91 Å². The van der Waals surface area contributed by atoms with Crippen LogP contribution in [-0.4, -0.2) is 41.7 Å². The van der Waals surface area contributed by atoms with Crippen molar-refractivity contribution in [3.05, 3.63) is 29.3 Å². The number of carbonyl (C=O) groups excluding carboxylic acids is 1. The maximum Gasteiger partial charge on any atom is 0.238 e. The Balaban J connectivity index is 1.95. The number of anilines is 1. The molecule has 1 aromatic rings. The molecule has 0 radical (unpaired) electrons. The van der Waals surface area contributed by atoms with Crippen LogP contribution in [0.1, 0.15) is 30.9 Å². The summed E-state index contributed by atoms with van der Waals surface area (Å²) in [6.45, 7) is 7.60. The molecule has 1 saturated heterocycles. The standard InChI is InChI=1S/C17H26N2O2/c1-12-6-7-15(9-14(12)3)18-17(21)10-19-8-4-5-13(2)16(19)11-20/h6-7,9,13,16,20H,4-5,8,10-11H2,1-3H3,(H,18,21)/t13-,16-/m0/s1. The first-order valence-corrected chi connectivity index (χ1v) is 7.73. The van der Waals surface area contributed by atoms with E-state index in [1.165, 1.54) is 11.1 Å². The molecular formula is C17H26N2O2. The lowest BCUT2D eigenvalue weighted by Crippen LogP contribution is -2.49. The van der Waals surface area contributed by atoms with Crippen molar-refractivity contribution in [2.75, 3.05) is 25.0 Å². The second-order valence-electron chi connectivity index (χ2n) is 6.19. The lowest BCUT2D eigenvalue weighted by Gasteiger charge is -2.38. The van der Waals surface area contributed by atoms with Gasteiger partial charge in [0.05, 0.1) is 13.2 Å². The van der Waals surface area contributed by atoms with Crippen molar-refractivity contribution < 1.29 is 9.90 Å². The topological polar surface area (TPSA) is 52.6 Å². The fraction of sp³-hybridized carbons (Fsp3) is 0.588. The summed E-state index contributed by atoms with van der Waals surface area (Å²) >= 11 is 0. The van der Waals surface area contributed by atoms with Crippen LogP contribution in [0, 0.1) is 19.8 Å². The molecular weight excluding hydrogens is 264 g/mol. The molecule has 116 valence electrons. The Morgan fingerprint density at radius 2 is 2.14 bits per heavy atom. The first kappa shape index (κ1) is 16.0. The van der Waals surface area contributed by atoms with E-state index in [0.717, 1.165) is 25.1 Å². The molecule has 2 rings (SSSR count).